The summed E-state index contributed by atoms with van der Waals surface area (Å²) in [6, 6.07) is 0.305. The number of nitrogens with zero attached hydrogens (tertiary/aromatic N) is 2. The van der Waals surface area contributed by atoms with Crippen LogP contribution in [0.1, 0.15) is 82.5 Å². The van der Waals surface area contributed by atoms with E-state index in [2.05, 4.69) is 29.3 Å². The van der Waals surface area contributed by atoms with E-state index < -0.39 is 0 Å². The highest BCUT2D eigenvalue weighted by molar-refractivity contribution is 4.99. The molecule has 4 nitrogen and oxygen atoms in total. The lowest BCUT2D eigenvalue weighted by Crippen LogP contribution is -2.27. The van der Waals surface area contributed by atoms with Crippen molar-refractivity contribution in [1.29, 1.82) is 0 Å². The third-order valence-corrected chi connectivity index (χ3v) is 3.83. The zero-order chi connectivity index (χ0) is 12.8. The molecule has 1 aliphatic heterocycles. The lowest BCUT2D eigenvalue weighted by Gasteiger charge is -2.19. The lowest BCUT2D eigenvalue weighted by molar-refractivity contribution is 0.326. The summed E-state index contributed by atoms with van der Waals surface area (Å²) >= 11 is 0. The van der Waals surface area contributed by atoms with Gasteiger partial charge in [-0.15, -0.1) is 0 Å². The number of piperidine rings is 1. The van der Waals surface area contributed by atoms with Gasteiger partial charge in [0.25, 0.3) is 0 Å². The molecule has 102 valence electrons. The van der Waals surface area contributed by atoms with Crippen LogP contribution in [0.25, 0.3) is 0 Å². The van der Waals surface area contributed by atoms with E-state index in [0.29, 0.717) is 12.0 Å². The van der Waals surface area contributed by atoms with Crippen LogP contribution in [0.5, 0.6) is 0 Å². The molecular formula is C14H25N3O. The topological polar surface area (TPSA) is 51.0 Å². The van der Waals surface area contributed by atoms with Gasteiger partial charge in [0.2, 0.25) is 5.89 Å². The third-order valence-electron chi connectivity index (χ3n) is 3.83. The Hall–Kier alpha value is -0.900. The van der Waals surface area contributed by atoms with Crippen molar-refractivity contribution in [3.05, 3.63) is 11.7 Å². The maximum Gasteiger partial charge on any atom is 0.229 e. The van der Waals surface area contributed by atoms with Crippen molar-refractivity contribution in [2.45, 2.75) is 70.8 Å². The number of nitrogens with one attached hydrogen (secondary N) is 1. The van der Waals surface area contributed by atoms with Crippen LogP contribution in [0, 0.1) is 0 Å². The first-order valence-corrected chi connectivity index (χ1v) is 7.42. The van der Waals surface area contributed by atoms with Crippen LogP contribution >= 0.6 is 0 Å². The number of aromatic nitrogens is 2. The second-order valence-corrected chi connectivity index (χ2v) is 5.24. The van der Waals surface area contributed by atoms with Crippen LogP contribution in [0.4, 0.5) is 0 Å². The summed E-state index contributed by atoms with van der Waals surface area (Å²) in [7, 11) is 0. The Kier molecular flexibility index (Phi) is 5.17. The summed E-state index contributed by atoms with van der Waals surface area (Å²) in [4.78, 5) is 4.62. The highest BCUT2D eigenvalue weighted by atomic mass is 16.5. The predicted molar refractivity (Wildman–Crippen MR) is 71.4 cm³/mol. The van der Waals surface area contributed by atoms with E-state index in [9.17, 15) is 0 Å². The summed E-state index contributed by atoms with van der Waals surface area (Å²) < 4.78 is 5.47. The van der Waals surface area contributed by atoms with E-state index in [1.807, 2.05) is 0 Å². The third kappa shape index (κ3) is 3.31. The molecule has 1 saturated heterocycles. The maximum absolute atomic E-state index is 5.47. The van der Waals surface area contributed by atoms with Gasteiger partial charge >= 0.3 is 0 Å². The molecule has 1 N–H and O–H groups in total. The van der Waals surface area contributed by atoms with Crippen molar-refractivity contribution >= 4 is 0 Å². The predicted octanol–water partition coefficient (Wildman–Crippen LogP) is 3.57. The Morgan fingerprint density at radius 2 is 2.28 bits per heavy atom. The summed E-state index contributed by atoms with van der Waals surface area (Å²) in [5.41, 5.74) is 0. The molecule has 2 atom stereocenters. The molecular weight excluding hydrogens is 226 g/mol. The van der Waals surface area contributed by atoms with Gasteiger partial charge in [-0.25, -0.2) is 0 Å². The highest BCUT2D eigenvalue weighted by Gasteiger charge is 2.23. The molecule has 0 bridgehead atoms. The van der Waals surface area contributed by atoms with Gasteiger partial charge < -0.3 is 9.84 Å². The Morgan fingerprint density at radius 3 is 2.94 bits per heavy atom. The minimum absolute atomic E-state index is 0.305. The highest BCUT2D eigenvalue weighted by Crippen LogP contribution is 2.26. The van der Waals surface area contributed by atoms with Crippen molar-refractivity contribution in [3.8, 4) is 0 Å². The molecule has 0 radical (unpaired) electrons. The molecule has 2 heterocycles. The van der Waals surface area contributed by atoms with Crippen molar-refractivity contribution in [2.75, 3.05) is 6.54 Å². The summed E-state index contributed by atoms with van der Waals surface area (Å²) in [5.74, 6) is 2.14. The Bertz CT molecular complexity index is 345. The monoisotopic (exact) mass is 251 g/mol. The van der Waals surface area contributed by atoms with Gasteiger partial charge in [-0.3, -0.25) is 0 Å². The average molecular weight is 251 g/mol. The second kappa shape index (κ2) is 6.88. The standard InChI is InChI=1S/C14H25N3O/c1-3-5-8-11(4-2)14-16-13(17-18-14)12-9-6-7-10-15-12/h11-12,15H,3-10H2,1-2H3. The molecule has 1 aromatic rings. The SMILES string of the molecule is CCCCC(CC)c1nc(C2CCCCN2)no1. The molecule has 0 saturated carbocycles. The van der Waals surface area contributed by atoms with E-state index >= 15 is 0 Å². The van der Waals surface area contributed by atoms with Crippen molar-refractivity contribution in [1.82, 2.24) is 15.5 Å². The van der Waals surface area contributed by atoms with Crippen LogP contribution < -0.4 is 5.32 Å². The largest absolute Gasteiger partial charge is 0.339 e. The zero-order valence-corrected chi connectivity index (χ0v) is 11.6. The smallest absolute Gasteiger partial charge is 0.229 e. The second-order valence-electron chi connectivity index (χ2n) is 5.24. The Morgan fingerprint density at radius 1 is 1.39 bits per heavy atom. The quantitative estimate of drug-likeness (QED) is 0.839. The van der Waals surface area contributed by atoms with Gasteiger partial charge in [0.1, 0.15) is 0 Å². The molecule has 1 aromatic heterocycles. The van der Waals surface area contributed by atoms with Crippen molar-refractivity contribution < 1.29 is 4.52 Å². The minimum atomic E-state index is 0.305. The van der Waals surface area contributed by atoms with E-state index in [4.69, 9.17) is 4.52 Å². The molecule has 1 fully saturated rings. The molecule has 2 unspecified atom stereocenters. The molecule has 0 aromatic carbocycles. The average Bonchev–Trinajstić information content (AvgIpc) is 2.90. The van der Waals surface area contributed by atoms with Gasteiger partial charge in [0.15, 0.2) is 5.82 Å². The van der Waals surface area contributed by atoms with Gasteiger partial charge in [0.05, 0.1) is 6.04 Å². The van der Waals surface area contributed by atoms with E-state index in [-0.39, 0.29) is 0 Å². The first-order chi connectivity index (χ1) is 8.85. The van der Waals surface area contributed by atoms with Gasteiger partial charge in [-0.05, 0) is 32.2 Å². The lowest BCUT2D eigenvalue weighted by atomic mass is 9.99. The molecule has 1 aliphatic rings. The number of unbranched alkanes of at least 4 members (excludes halogenated alkanes) is 1. The summed E-state index contributed by atoms with van der Waals surface area (Å²) in [6.45, 7) is 5.49. The number of hydrogen-bond donors (Lipinski definition) is 1. The fraction of sp³-hybridized carbons (Fsp3) is 0.857. The maximum atomic E-state index is 5.47. The normalized spacial score (nSPS) is 22.0. The summed E-state index contributed by atoms with van der Waals surface area (Å²) in [6.07, 6.45) is 8.35. The van der Waals surface area contributed by atoms with Crippen molar-refractivity contribution in [3.63, 3.8) is 0 Å². The fourth-order valence-electron chi connectivity index (χ4n) is 2.58. The molecule has 2 rings (SSSR count). The van der Waals surface area contributed by atoms with E-state index in [1.54, 1.807) is 0 Å². The number of rotatable bonds is 6. The molecule has 18 heavy (non-hydrogen) atoms. The van der Waals surface area contributed by atoms with Crippen LogP contribution in [0.15, 0.2) is 4.52 Å². The van der Waals surface area contributed by atoms with Crippen LogP contribution in [-0.2, 0) is 0 Å². The first-order valence-electron chi connectivity index (χ1n) is 7.42. The Labute approximate surface area is 110 Å². The summed E-state index contributed by atoms with van der Waals surface area (Å²) in [5, 5.41) is 7.63. The zero-order valence-electron chi connectivity index (χ0n) is 11.6. The molecule has 0 aliphatic carbocycles. The fourth-order valence-corrected chi connectivity index (χ4v) is 2.58. The molecule has 0 spiro atoms. The number of hydrogen-bond acceptors (Lipinski definition) is 4. The molecule has 4 heteroatoms. The van der Waals surface area contributed by atoms with Crippen LogP contribution in [0.3, 0.4) is 0 Å². The minimum Gasteiger partial charge on any atom is -0.339 e. The van der Waals surface area contributed by atoms with Gasteiger partial charge in [-0.1, -0.05) is 38.3 Å². The van der Waals surface area contributed by atoms with Crippen molar-refractivity contribution in [2.24, 2.45) is 0 Å². The molecule has 0 amide bonds. The Balaban J connectivity index is 1.98. The van der Waals surface area contributed by atoms with Crippen LogP contribution in [0.2, 0.25) is 0 Å². The van der Waals surface area contributed by atoms with Gasteiger partial charge in [0, 0.05) is 5.92 Å². The van der Waals surface area contributed by atoms with Crippen LogP contribution in [-0.4, -0.2) is 16.7 Å². The van der Waals surface area contributed by atoms with E-state index in [0.717, 1.165) is 37.5 Å². The van der Waals surface area contributed by atoms with E-state index in [1.165, 1.54) is 25.7 Å². The first kappa shape index (κ1) is 13.5. The van der Waals surface area contributed by atoms with Gasteiger partial charge in [-0.2, -0.15) is 4.98 Å².